The van der Waals surface area contributed by atoms with E-state index >= 15 is 0 Å². The Kier molecular flexibility index (Phi) is 3.95. The highest BCUT2D eigenvalue weighted by Gasteiger charge is 2.25. The summed E-state index contributed by atoms with van der Waals surface area (Å²) in [6.07, 6.45) is 4.91. The van der Waals surface area contributed by atoms with Crippen molar-refractivity contribution < 1.29 is 4.79 Å². The lowest BCUT2D eigenvalue weighted by atomic mass is 9.82. The van der Waals surface area contributed by atoms with Gasteiger partial charge in [0, 0.05) is 17.5 Å². The smallest absolute Gasteiger partial charge is 0.165 e. The summed E-state index contributed by atoms with van der Waals surface area (Å²) in [5.74, 6) is 0.502. The van der Waals surface area contributed by atoms with Crippen LogP contribution in [0.4, 0.5) is 0 Å². The first-order chi connectivity index (χ1) is 8.20. The maximum Gasteiger partial charge on any atom is 0.165 e. The lowest BCUT2D eigenvalue weighted by Crippen LogP contribution is -2.29. The van der Waals surface area contributed by atoms with Gasteiger partial charge in [0.15, 0.2) is 5.78 Å². The van der Waals surface area contributed by atoms with Gasteiger partial charge in [0.2, 0.25) is 0 Å². The number of nitrogens with two attached hydrogens (primary N) is 1. The topological polar surface area (TPSA) is 43.1 Å². The Morgan fingerprint density at radius 1 is 1.18 bits per heavy atom. The van der Waals surface area contributed by atoms with Crippen molar-refractivity contribution in [2.75, 3.05) is 0 Å². The van der Waals surface area contributed by atoms with Gasteiger partial charge < -0.3 is 5.73 Å². The maximum atomic E-state index is 12.3. The van der Waals surface area contributed by atoms with E-state index in [1.54, 1.807) is 0 Å². The summed E-state index contributed by atoms with van der Waals surface area (Å²) in [5.41, 5.74) is 8.01. The molecule has 1 saturated carbocycles. The van der Waals surface area contributed by atoms with E-state index in [4.69, 9.17) is 5.73 Å². The van der Waals surface area contributed by atoms with Crippen molar-refractivity contribution >= 4 is 5.78 Å². The highest BCUT2D eigenvalue weighted by Crippen LogP contribution is 2.26. The highest BCUT2D eigenvalue weighted by molar-refractivity contribution is 5.97. The number of benzene rings is 1. The predicted octanol–water partition coefficient (Wildman–Crippen LogP) is 2.95. The largest absolute Gasteiger partial charge is 0.328 e. The molecule has 2 heteroatoms. The molecule has 2 N–H and O–H groups in total. The van der Waals surface area contributed by atoms with Crippen molar-refractivity contribution in [1.82, 2.24) is 0 Å². The van der Waals surface area contributed by atoms with Gasteiger partial charge in [-0.2, -0.15) is 0 Å². The quantitative estimate of drug-likeness (QED) is 0.813. The van der Waals surface area contributed by atoms with Gasteiger partial charge in [0.25, 0.3) is 0 Å². The highest BCUT2D eigenvalue weighted by atomic mass is 16.1. The van der Waals surface area contributed by atoms with Crippen LogP contribution in [0.3, 0.4) is 0 Å². The molecule has 1 aromatic carbocycles. The summed E-state index contributed by atoms with van der Waals surface area (Å²) < 4.78 is 0. The molecule has 0 heterocycles. The number of Topliss-reactive ketones (excluding diaryl/α,β-unsaturated/α-hetero) is 1. The molecule has 0 spiro atoms. The summed E-state index contributed by atoms with van der Waals surface area (Å²) >= 11 is 0. The van der Waals surface area contributed by atoms with Crippen LogP contribution in [0, 0.1) is 5.92 Å². The van der Waals surface area contributed by atoms with E-state index in [2.05, 4.69) is 19.1 Å². The fraction of sp³-hybridized carbons (Fsp3) is 0.533. The van der Waals surface area contributed by atoms with Crippen LogP contribution >= 0.6 is 0 Å². The van der Waals surface area contributed by atoms with E-state index < -0.39 is 0 Å². The Balaban J connectivity index is 2.03. The van der Waals surface area contributed by atoms with E-state index in [1.807, 2.05) is 12.1 Å². The van der Waals surface area contributed by atoms with Crippen LogP contribution in [-0.4, -0.2) is 11.8 Å². The molecular formula is C15H21NO. The Morgan fingerprint density at radius 3 is 2.29 bits per heavy atom. The molecule has 0 saturated heterocycles. The average molecular weight is 231 g/mol. The SMILES string of the molecule is CCc1ccc(C(=O)C2CCC(N)CC2)cc1. The second-order valence-electron chi connectivity index (χ2n) is 5.03. The third-order valence-corrected chi connectivity index (χ3v) is 3.79. The molecule has 2 rings (SSSR count). The predicted molar refractivity (Wildman–Crippen MR) is 70.1 cm³/mol. The average Bonchev–Trinajstić information content (AvgIpc) is 2.39. The third kappa shape index (κ3) is 2.95. The second kappa shape index (κ2) is 5.46. The summed E-state index contributed by atoms with van der Waals surface area (Å²) in [7, 11) is 0. The number of carbonyl (C=O) groups is 1. The molecule has 0 aromatic heterocycles. The molecule has 0 amide bonds. The maximum absolute atomic E-state index is 12.3. The third-order valence-electron chi connectivity index (χ3n) is 3.79. The minimum Gasteiger partial charge on any atom is -0.328 e. The van der Waals surface area contributed by atoms with Crippen molar-refractivity contribution in [3.05, 3.63) is 35.4 Å². The number of carbonyl (C=O) groups excluding carboxylic acids is 1. The van der Waals surface area contributed by atoms with Crippen LogP contribution in [0.25, 0.3) is 0 Å². The van der Waals surface area contributed by atoms with Gasteiger partial charge in [0.1, 0.15) is 0 Å². The zero-order valence-corrected chi connectivity index (χ0v) is 10.5. The fourth-order valence-corrected chi connectivity index (χ4v) is 2.52. The normalized spacial score (nSPS) is 24.6. The number of hydrogen-bond acceptors (Lipinski definition) is 2. The molecular weight excluding hydrogens is 210 g/mol. The van der Waals surface area contributed by atoms with Gasteiger partial charge in [-0.3, -0.25) is 4.79 Å². The number of rotatable bonds is 3. The Labute approximate surface area is 103 Å². The van der Waals surface area contributed by atoms with Crippen LogP contribution in [0.1, 0.15) is 48.5 Å². The van der Waals surface area contributed by atoms with Crippen LogP contribution in [0.2, 0.25) is 0 Å². The van der Waals surface area contributed by atoms with Crippen molar-refractivity contribution in [2.24, 2.45) is 11.7 Å². The van der Waals surface area contributed by atoms with Gasteiger partial charge in [0.05, 0.1) is 0 Å². The number of ketones is 1. The van der Waals surface area contributed by atoms with E-state index in [9.17, 15) is 4.79 Å². The molecule has 0 atom stereocenters. The first kappa shape index (κ1) is 12.3. The van der Waals surface area contributed by atoms with E-state index in [0.717, 1.165) is 37.7 Å². The van der Waals surface area contributed by atoms with E-state index in [0.29, 0.717) is 11.8 Å². The molecule has 1 aliphatic rings. The monoisotopic (exact) mass is 231 g/mol. The summed E-state index contributed by atoms with van der Waals surface area (Å²) in [6.45, 7) is 2.12. The lowest BCUT2D eigenvalue weighted by Gasteiger charge is -2.25. The van der Waals surface area contributed by atoms with Crippen molar-refractivity contribution in [2.45, 2.75) is 45.1 Å². The van der Waals surface area contributed by atoms with E-state index in [-0.39, 0.29) is 5.92 Å². The molecule has 0 bridgehead atoms. The molecule has 1 fully saturated rings. The van der Waals surface area contributed by atoms with Crippen LogP contribution in [0.15, 0.2) is 24.3 Å². The zero-order valence-electron chi connectivity index (χ0n) is 10.5. The molecule has 92 valence electrons. The van der Waals surface area contributed by atoms with Crippen molar-refractivity contribution in [3.63, 3.8) is 0 Å². The minimum absolute atomic E-state index is 0.197. The molecule has 17 heavy (non-hydrogen) atoms. The molecule has 1 aromatic rings. The number of aryl methyl sites for hydroxylation is 1. The summed E-state index contributed by atoms with van der Waals surface area (Å²) in [4.78, 5) is 12.3. The summed E-state index contributed by atoms with van der Waals surface area (Å²) in [5, 5.41) is 0. The molecule has 0 radical (unpaired) electrons. The van der Waals surface area contributed by atoms with Gasteiger partial charge >= 0.3 is 0 Å². The van der Waals surface area contributed by atoms with Gasteiger partial charge in [-0.05, 0) is 37.7 Å². The van der Waals surface area contributed by atoms with Gasteiger partial charge in [-0.25, -0.2) is 0 Å². The first-order valence-corrected chi connectivity index (χ1v) is 6.59. The Bertz CT molecular complexity index is 374. The molecule has 0 aliphatic heterocycles. The van der Waals surface area contributed by atoms with Gasteiger partial charge in [-0.1, -0.05) is 31.2 Å². The van der Waals surface area contributed by atoms with Crippen LogP contribution < -0.4 is 5.73 Å². The Morgan fingerprint density at radius 2 is 1.76 bits per heavy atom. The van der Waals surface area contributed by atoms with Crippen LogP contribution in [0.5, 0.6) is 0 Å². The van der Waals surface area contributed by atoms with Crippen molar-refractivity contribution in [1.29, 1.82) is 0 Å². The summed E-state index contributed by atoms with van der Waals surface area (Å²) in [6, 6.07) is 8.36. The Hall–Kier alpha value is -1.15. The zero-order chi connectivity index (χ0) is 12.3. The van der Waals surface area contributed by atoms with Crippen molar-refractivity contribution in [3.8, 4) is 0 Å². The second-order valence-corrected chi connectivity index (χ2v) is 5.03. The lowest BCUT2D eigenvalue weighted by molar-refractivity contribution is 0.0884. The fourth-order valence-electron chi connectivity index (χ4n) is 2.52. The van der Waals surface area contributed by atoms with Gasteiger partial charge in [-0.15, -0.1) is 0 Å². The molecule has 2 nitrogen and oxygen atoms in total. The standard InChI is InChI=1S/C15H21NO/c1-2-11-3-5-12(6-4-11)15(17)13-7-9-14(16)10-8-13/h3-6,13-14H,2,7-10,16H2,1H3. The minimum atomic E-state index is 0.197. The van der Waals surface area contributed by atoms with E-state index in [1.165, 1.54) is 5.56 Å². The number of hydrogen-bond donors (Lipinski definition) is 1. The van der Waals surface area contributed by atoms with Crippen LogP contribution in [-0.2, 0) is 6.42 Å². The first-order valence-electron chi connectivity index (χ1n) is 6.59. The molecule has 1 aliphatic carbocycles. The molecule has 0 unspecified atom stereocenters.